The Labute approximate surface area is 94.6 Å². The largest absolute Gasteiger partial charge is 0.315 e. The molecular formula is C11H25NO2S. The zero-order valence-corrected chi connectivity index (χ0v) is 11.6. The normalized spacial score (nSPS) is 17.5. The summed E-state index contributed by atoms with van der Waals surface area (Å²) in [5, 5.41) is 2.86. The van der Waals surface area contributed by atoms with Crippen molar-refractivity contribution in [3.05, 3.63) is 0 Å². The molecule has 0 heterocycles. The van der Waals surface area contributed by atoms with Crippen LogP contribution >= 0.6 is 0 Å². The summed E-state index contributed by atoms with van der Waals surface area (Å²) in [5.74, 6) is 0.224. The van der Waals surface area contributed by atoms with Crippen molar-refractivity contribution in [1.82, 2.24) is 5.32 Å². The monoisotopic (exact) mass is 235 g/mol. The molecule has 0 fully saturated rings. The van der Waals surface area contributed by atoms with E-state index in [0.29, 0.717) is 6.42 Å². The fraction of sp³-hybridized carbons (Fsp3) is 1.00. The molecule has 0 aromatic heterocycles. The molecule has 3 nitrogen and oxygen atoms in total. The highest BCUT2D eigenvalue weighted by Gasteiger charge is 2.30. The van der Waals surface area contributed by atoms with Crippen LogP contribution in [0, 0.1) is 5.41 Å². The van der Waals surface area contributed by atoms with E-state index >= 15 is 0 Å². The topological polar surface area (TPSA) is 46.2 Å². The molecule has 0 aromatic carbocycles. The first-order valence-electron chi connectivity index (χ1n) is 5.54. The van der Waals surface area contributed by atoms with Gasteiger partial charge in [0.15, 0.2) is 9.84 Å². The third-order valence-electron chi connectivity index (χ3n) is 2.98. The van der Waals surface area contributed by atoms with Gasteiger partial charge in [0.1, 0.15) is 0 Å². The van der Waals surface area contributed by atoms with Crippen LogP contribution in [0.1, 0.15) is 41.0 Å². The molecule has 2 unspecified atom stereocenters. The summed E-state index contributed by atoms with van der Waals surface area (Å²) >= 11 is 0. The lowest BCUT2D eigenvalue weighted by molar-refractivity contribution is 0.301. The lowest BCUT2D eigenvalue weighted by Gasteiger charge is -2.31. The number of sulfone groups is 1. The van der Waals surface area contributed by atoms with Gasteiger partial charge >= 0.3 is 0 Å². The fourth-order valence-electron chi connectivity index (χ4n) is 1.42. The Bertz CT molecular complexity index is 277. The molecule has 0 saturated heterocycles. The van der Waals surface area contributed by atoms with E-state index in [4.69, 9.17) is 0 Å². The van der Waals surface area contributed by atoms with E-state index in [2.05, 4.69) is 26.1 Å². The molecule has 0 aliphatic heterocycles. The maximum absolute atomic E-state index is 11.9. The van der Waals surface area contributed by atoms with Gasteiger partial charge in [-0.3, -0.25) is 0 Å². The molecule has 4 heteroatoms. The van der Waals surface area contributed by atoms with Crippen LogP contribution in [0.25, 0.3) is 0 Å². The minimum atomic E-state index is -2.97. The number of rotatable bonds is 5. The van der Waals surface area contributed by atoms with Gasteiger partial charge < -0.3 is 5.32 Å². The Hall–Kier alpha value is -0.0900. The van der Waals surface area contributed by atoms with Gasteiger partial charge in [0, 0.05) is 6.04 Å². The summed E-state index contributed by atoms with van der Waals surface area (Å²) in [7, 11) is -1.15. The standard InChI is InChI=1S/C11H25NO2S/c1-7-9(2)15(13,14)8-10(12-6)11(3,4)5/h9-10,12H,7-8H2,1-6H3. The molecule has 0 aliphatic rings. The second-order valence-electron chi connectivity index (χ2n) is 5.26. The van der Waals surface area contributed by atoms with E-state index in [9.17, 15) is 8.42 Å². The molecule has 0 amide bonds. The van der Waals surface area contributed by atoms with E-state index in [0.717, 1.165) is 0 Å². The number of nitrogens with one attached hydrogen (secondary N) is 1. The average Bonchev–Trinajstić information content (AvgIpc) is 2.10. The summed E-state index contributed by atoms with van der Waals surface area (Å²) in [6, 6.07) is 0.0106. The molecule has 92 valence electrons. The maximum Gasteiger partial charge on any atom is 0.154 e. The van der Waals surface area contributed by atoms with Crippen molar-refractivity contribution in [2.45, 2.75) is 52.3 Å². The van der Waals surface area contributed by atoms with Crippen LogP contribution in [0.3, 0.4) is 0 Å². The predicted molar refractivity (Wildman–Crippen MR) is 65.8 cm³/mol. The molecule has 0 spiro atoms. The molecule has 15 heavy (non-hydrogen) atoms. The van der Waals surface area contributed by atoms with Crippen LogP contribution in [-0.2, 0) is 9.84 Å². The minimum Gasteiger partial charge on any atom is -0.315 e. The van der Waals surface area contributed by atoms with Gasteiger partial charge in [0.05, 0.1) is 11.0 Å². The quantitative estimate of drug-likeness (QED) is 0.791. The van der Waals surface area contributed by atoms with Gasteiger partial charge in [-0.05, 0) is 25.8 Å². The summed E-state index contributed by atoms with van der Waals surface area (Å²) in [6.07, 6.45) is 0.683. The van der Waals surface area contributed by atoms with E-state index in [1.807, 2.05) is 14.0 Å². The van der Waals surface area contributed by atoms with E-state index in [1.165, 1.54) is 0 Å². The van der Waals surface area contributed by atoms with Crippen molar-refractivity contribution < 1.29 is 8.42 Å². The van der Waals surface area contributed by atoms with E-state index in [1.54, 1.807) is 6.92 Å². The van der Waals surface area contributed by atoms with E-state index in [-0.39, 0.29) is 22.5 Å². The first kappa shape index (κ1) is 14.9. The molecule has 0 bridgehead atoms. The zero-order valence-electron chi connectivity index (χ0n) is 10.8. The van der Waals surface area contributed by atoms with Crippen molar-refractivity contribution >= 4 is 9.84 Å². The average molecular weight is 235 g/mol. The van der Waals surface area contributed by atoms with Crippen molar-refractivity contribution in [2.24, 2.45) is 5.41 Å². The maximum atomic E-state index is 11.9. The van der Waals surface area contributed by atoms with E-state index < -0.39 is 9.84 Å². The van der Waals surface area contributed by atoms with Gasteiger partial charge in [-0.25, -0.2) is 8.42 Å². The SMILES string of the molecule is CCC(C)S(=O)(=O)CC(NC)C(C)(C)C. The summed E-state index contributed by atoms with van der Waals surface area (Å²) in [6.45, 7) is 9.86. The smallest absolute Gasteiger partial charge is 0.154 e. The molecule has 0 aliphatic carbocycles. The summed E-state index contributed by atoms with van der Waals surface area (Å²) in [5.41, 5.74) is -0.0325. The van der Waals surface area contributed by atoms with Crippen LogP contribution in [0.2, 0.25) is 0 Å². The second kappa shape index (κ2) is 5.30. The zero-order chi connectivity index (χ0) is 12.3. The number of hydrogen-bond donors (Lipinski definition) is 1. The molecule has 0 rings (SSSR count). The molecule has 1 N–H and O–H groups in total. The Morgan fingerprint density at radius 1 is 1.27 bits per heavy atom. The van der Waals surface area contributed by atoms with Gasteiger partial charge in [0.2, 0.25) is 0 Å². The third kappa shape index (κ3) is 4.51. The van der Waals surface area contributed by atoms with Gasteiger partial charge in [-0.15, -0.1) is 0 Å². The predicted octanol–water partition coefficient (Wildman–Crippen LogP) is 1.83. The van der Waals surface area contributed by atoms with Crippen molar-refractivity contribution in [2.75, 3.05) is 12.8 Å². The summed E-state index contributed by atoms with van der Waals surface area (Å²) < 4.78 is 23.9. The minimum absolute atomic E-state index is 0.0106. The number of hydrogen-bond acceptors (Lipinski definition) is 3. The van der Waals surface area contributed by atoms with Crippen molar-refractivity contribution in [3.63, 3.8) is 0 Å². The van der Waals surface area contributed by atoms with Crippen LogP contribution in [0.5, 0.6) is 0 Å². The molecule has 0 aromatic rings. The highest BCUT2D eigenvalue weighted by atomic mass is 32.2. The second-order valence-corrected chi connectivity index (χ2v) is 7.72. The summed E-state index contributed by atoms with van der Waals surface area (Å²) in [4.78, 5) is 0. The first-order valence-corrected chi connectivity index (χ1v) is 7.25. The molecule has 0 saturated carbocycles. The Balaban J connectivity index is 4.71. The molecule has 0 radical (unpaired) electrons. The molecular weight excluding hydrogens is 210 g/mol. The Morgan fingerprint density at radius 3 is 2.00 bits per heavy atom. The fourth-order valence-corrected chi connectivity index (χ4v) is 3.38. The van der Waals surface area contributed by atoms with Crippen molar-refractivity contribution in [3.8, 4) is 0 Å². The van der Waals surface area contributed by atoms with Crippen LogP contribution in [0.4, 0.5) is 0 Å². The Morgan fingerprint density at radius 2 is 1.73 bits per heavy atom. The van der Waals surface area contributed by atoms with Gasteiger partial charge in [0.25, 0.3) is 0 Å². The highest BCUT2D eigenvalue weighted by Crippen LogP contribution is 2.22. The van der Waals surface area contributed by atoms with Crippen LogP contribution in [-0.4, -0.2) is 32.5 Å². The Kier molecular flexibility index (Phi) is 5.27. The van der Waals surface area contributed by atoms with Crippen LogP contribution in [0.15, 0.2) is 0 Å². The highest BCUT2D eigenvalue weighted by molar-refractivity contribution is 7.92. The lowest BCUT2D eigenvalue weighted by Crippen LogP contribution is -2.45. The third-order valence-corrected chi connectivity index (χ3v) is 5.34. The van der Waals surface area contributed by atoms with Crippen LogP contribution < -0.4 is 5.32 Å². The first-order chi connectivity index (χ1) is 6.65. The molecule has 2 atom stereocenters. The lowest BCUT2D eigenvalue weighted by atomic mass is 9.88. The van der Waals surface area contributed by atoms with Gasteiger partial charge in [-0.1, -0.05) is 27.7 Å². The van der Waals surface area contributed by atoms with Gasteiger partial charge in [-0.2, -0.15) is 0 Å². The van der Waals surface area contributed by atoms with Crippen molar-refractivity contribution in [1.29, 1.82) is 0 Å².